The summed E-state index contributed by atoms with van der Waals surface area (Å²) in [5.41, 5.74) is -0.988. The number of carboxylic acids is 1. The lowest BCUT2D eigenvalue weighted by molar-refractivity contribution is -0.146. The number of tetrazole rings is 1. The van der Waals surface area contributed by atoms with Crippen molar-refractivity contribution in [3.63, 3.8) is 0 Å². The number of carboxylic acid groups (broad SMARTS) is 1. The van der Waals surface area contributed by atoms with Gasteiger partial charge in [0.2, 0.25) is 0 Å². The van der Waals surface area contributed by atoms with E-state index in [1.54, 1.807) is 6.07 Å². The first-order chi connectivity index (χ1) is 9.37. The fourth-order valence-electron chi connectivity index (χ4n) is 1.64. The molecular weight excluding hydrogens is 267 g/mol. The SMILES string of the molecule is COc1ccc(-c2nnnn2C(C)(C)C(=O)O)cc1F. The molecule has 1 aromatic heterocycles. The third-order valence-electron chi connectivity index (χ3n) is 2.93. The van der Waals surface area contributed by atoms with Gasteiger partial charge in [0.15, 0.2) is 22.9 Å². The quantitative estimate of drug-likeness (QED) is 0.908. The third kappa shape index (κ3) is 2.20. The maximum atomic E-state index is 13.7. The summed E-state index contributed by atoms with van der Waals surface area (Å²) in [5, 5.41) is 20.1. The van der Waals surface area contributed by atoms with Crippen molar-refractivity contribution in [3.8, 4) is 17.1 Å². The number of benzene rings is 1. The first-order valence-corrected chi connectivity index (χ1v) is 5.74. The average molecular weight is 280 g/mol. The van der Waals surface area contributed by atoms with Gasteiger partial charge in [-0.15, -0.1) is 5.10 Å². The number of ether oxygens (including phenoxy) is 1. The summed E-state index contributed by atoms with van der Waals surface area (Å²) in [7, 11) is 1.36. The zero-order valence-electron chi connectivity index (χ0n) is 11.2. The molecule has 0 amide bonds. The minimum absolute atomic E-state index is 0.0882. The van der Waals surface area contributed by atoms with Gasteiger partial charge in [0.05, 0.1) is 7.11 Å². The van der Waals surface area contributed by atoms with Gasteiger partial charge >= 0.3 is 5.97 Å². The smallest absolute Gasteiger partial charge is 0.331 e. The van der Waals surface area contributed by atoms with Gasteiger partial charge < -0.3 is 9.84 Å². The minimum atomic E-state index is -1.35. The molecule has 1 N–H and O–H groups in total. The second-order valence-electron chi connectivity index (χ2n) is 4.63. The summed E-state index contributed by atoms with van der Waals surface area (Å²) in [6.07, 6.45) is 0. The monoisotopic (exact) mass is 280 g/mol. The number of nitrogens with zero attached hydrogens (tertiary/aromatic N) is 4. The summed E-state index contributed by atoms with van der Waals surface area (Å²) in [6, 6.07) is 4.18. The molecule has 8 heteroatoms. The highest BCUT2D eigenvalue weighted by Gasteiger charge is 2.33. The van der Waals surface area contributed by atoms with E-state index in [2.05, 4.69) is 15.5 Å². The lowest BCUT2D eigenvalue weighted by Gasteiger charge is -2.20. The van der Waals surface area contributed by atoms with Crippen LogP contribution in [0.5, 0.6) is 5.75 Å². The second-order valence-corrected chi connectivity index (χ2v) is 4.63. The van der Waals surface area contributed by atoms with E-state index in [1.807, 2.05) is 0 Å². The largest absolute Gasteiger partial charge is 0.494 e. The zero-order valence-corrected chi connectivity index (χ0v) is 11.2. The number of hydrogen-bond donors (Lipinski definition) is 1. The van der Waals surface area contributed by atoms with Crippen LogP contribution >= 0.6 is 0 Å². The van der Waals surface area contributed by atoms with Crippen LogP contribution in [0.2, 0.25) is 0 Å². The van der Waals surface area contributed by atoms with Gasteiger partial charge in [0.1, 0.15) is 0 Å². The Hall–Kier alpha value is -2.51. The van der Waals surface area contributed by atoms with Crippen LogP contribution in [0.25, 0.3) is 11.4 Å². The van der Waals surface area contributed by atoms with E-state index in [4.69, 9.17) is 4.74 Å². The summed E-state index contributed by atoms with van der Waals surface area (Å²) in [4.78, 5) is 11.3. The van der Waals surface area contributed by atoms with Crippen molar-refractivity contribution in [1.82, 2.24) is 20.2 Å². The molecule has 0 unspecified atom stereocenters. The number of aliphatic carboxylic acids is 1. The van der Waals surface area contributed by atoms with Crippen molar-refractivity contribution < 1.29 is 19.0 Å². The molecule has 2 rings (SSSR count). The van der Waals surface area contributed by atoms with Crippen LogP contribution < -0.4 is 4.74 Å². The average Bonchev–Trinajstić information content (AvgIpc) is 2.88. The van der Waals surface area contributed by atoms with Crippen LogP contribution in [0.15, 0.2) is 18.2 Å². The van der Waals surface area contributed by atoms with Crippen molar-refractivity contribution >= 4 is 5.97 Å². The Kier molecular flexibility index (Phi) is 3.39. The highest BCUT2D eigenvalue weighted by molar-refractivity contribution is 5.76. The van der Waals surface area contributed by atoms with E-state index in [9.17, 15) is 14.3 Å². The van der Waals surface area contributed by atoms with E-state index >= 15 is 0 Å². The molecular formula is C12H13FN4O3. The maximum Gasteiger partial charge on any atom is 0.331 e. The molecule has 0 saturated heterocycles. The van der Waals surface area contributed by atoms with E-state index in [-0.39, 0.29) is 11.6 Å². The summed E-state index contributed by atoms with van der Waals surface area (Å²) < 4.78 is 19.7. The Morgan fingerprint density at radius 3 is 2.70 bits per heavy atom. The predicted octanol–water partition coefficient (Wildman–Crippen LogP) is 1.31. The molecule has 0 aliphatic heterocycles. The van der Waals surface area contributed by atoms with Crippen molar-refractivity contribution in [2.75, 3.05) is 7.11 Å². The van der Waals surface area contributed by atoms with Gasteiger partial charge in [-0.3, -0.25) is 0 Å². The molecule has 0 fully saturated rings. The first kappa shape index (κ1) is 13.9. The van der Waals surface area contributed by atoms with E-state index in [0.717, 1.165) is 4.68 Å². The Morgan fingerprint density at radius 1 is 1.45 bits per heavy atom. The van der Waals surface area contributed by atoms with E-state index in [0.29, 0.717) is 5.56 Å². The fraction of sp³-hybridized carbons (Fsp3) is 0.333. The van der Waals surface area contributed by atoms with Crippen molar-refractivity contribution in [3.05, 3.63) is 24.0 Å². The standard InChI is InChI=1S/C12H13FN4O3/c1-12(2,11(18)19)17-10(14-15-16-17)7-4-5-9(20-3)8(13)6-7/h4-6H,1-3H3,(H,18,19). The predicted molar refractivity (Wildman–Crippen MR) is 66.7 cm³/mol. The van der Waals surface area contributed by atoms with Crippen LogP contribution in [-0.2, 0) is 10.3 Å². The van der Waals surface area contributed by atoms with Crippen molar-refractivity contribution in [2.24, 2.45) is 0 Å². The number of carbonyl (C=O) groups is 1. The van der Waals surface area contributed by atoms with Gasteiger partial charge in [0, 0.05) is 5.56 Å². The van der Waals surface area contributed by atoms with Crippen molar-refractivity contribution in [1.29, 1.82) is 0 Å². The lowest BCUT2D eigenvalue weighted by atomic mass is 10.1. The lowest BCUT2D eigenvalue weighted by Crippen LogP contribution is -2.37. The van der Waals surface area contributed by atoms with Crippen LogP contribution in [0.4, 0.5) is 4.39 Å². The number of rotatable bonds is 4. The summed E-state index contributed by atoms with van der Waals surface area (Å²) >= 11 is 0. The molecule has 1 aromatic carbocycles. The number of halogens is 1. The van der Waals surface area contributed by atoms with Crippen LogP contribution in [-0.4, -0.2) is 38.4 Å². The molecule has 0 radical (unpaired) electrons. The third-order valence-corrected chi connectivity index (χ3v) is 2.93. The molecule has 0 aliphatic carbocycles. The number of hydrogen-bond acceptors (Lipinski definition) is 5. The molecule has 0 atom stereocenters. The Labute approximate surface area is 114 Å². The van der Waals surface area contributed by atoms with E-state index < -0.39 is 17.3 Å². The molecule has 0 saturated carbocycles. The molecule has 1 heterocycles. The van der Waals surface area contributed by atoms with Gasteiger partial charge in [-0.05, 0) is 42.5 Å². The Balaban J connectivity index is 2.53. The summed E-state index contributed by atoms with van der Waals surface area (Å²) in [6.45, 7) is 2.91. The molecule has 0 bridgehead atoms. The first-order valence-electron chi connectivity index (χ1n) is 5.74. The molecule has 7 nitrogen and oxygen atoms in total. The van der Waals surface area contributed by atoms with Gasteiger partial charge in [-0.1, -0.05) is 0 Å². The number of aromatic nitrogens is 4. The second kappa shape index (κ2) is 4.87. The minimum Gasteiger partial charge on any atom is -0.494 e. The fourth-order valence-corrected chi connectivity index (χ4v) is 1.64. The van der Waals surface area contributed by atoms with Gasteiger partial charge in [-0.25, -0.2) is 13.9 Å². The van der Waals surface area contributed by atoms with Crippen molar-refractivity contribution in [2.45, 2.75) is 19.4 Å². The molecule has 20 heavy (non-hydrogen) atoms. The van der Waals surface area contributed by atoms with Gasteiger partial charge in [-0.2, -0.15) is 0 Å². The Bertz CT molecular complexity index is 654. The topological polar surface area (TPSA) is 90.1 Å². The Morgan fingerprint density at radius 2 is 2.15 bits per heavy atom. The van der Waals surface area contributed by atoms with Crippen LogP contribution in [0, 0.1) is 5.82 Å². The highest BCUT2D eigenvalue weighted by atomic mass is 19.1. The van der Waals surface area contributed by atoms with Crippen LogP contribution in [0.3, 0.4) is 0 Å². The maximum absolute atomic E-state index is 13.7. The van der Waals surface area contributed by atoms with E-state index in [1.165, 1.54) is 33.1 Å². The molecule has 106 valence electrons. The normalized spacial score (nSPS) is 11.4. The summed E-state index contributed by atoms with van der Waals surface area (Å²) in [5.74, 6) is -1.42. The molecule has 0 spiro atoms. The number of methoxy groups -OCH3 is 1. The highest BCUT2D eigenvalue weighted by Crippen LogP contribution is 2.26. The zero-order chi connectivity index (χ0) is 14.9. The molecule has 2 aromatic rings. The van der Waals surface area contributed by atoms with Gasteiger partial charge in [0.25, 0.3) is 0 Å². The van der Waals surface area contributed by atoms with Crippen LogP contribution in [0.1, 0.15) is 13.8 Å². The molecule has 0 aliphatic rings.